The van der Waals surface area contributed by atoms with E-state index in [1.807, 2.05) is 0 Å². The highest BCUT2D eigenvalue weighted by atomic mass is 35.5. The van der Waals surface area contributed by atoms with Crippen molar-refractivity contribution in [2.75, 3.05) is 16.4 Å². The van der Waals surface area contributed by atoms with E-state index in [2.05, 4.69) is 0 Å². The van der Waals surface area contributed by atoms with Crippen LogP contribution in [-0.2, 0) is 10.0 Å². The van der Waals surface area contributed by atoms with E-state index in [0.29, 0.717) is 12.1 Å². The Bertz CT molecular complexity index is 594. The van der Waals surface area contributed by atoms with Crippen LogP contribution in [-0.4, -0.2) is 25.0 Å². The lowest BCUT2D eigenvalue weighted by Gasteiger charge is -2.09. The van der Waals surface area contributed by atoms with Gasteiger partial charge in [-0.05, 0) is 12.5 Å². The Morgan fingerprint density at radius 1 is 1.37 bits per heavy atom. The van der Waals surface area contributed by atoms with Crippen LogP contribution in [0.5, 0.6) is 0 Å². The summed E-state index contributed by atoms with van der Waals surface area (Å²) in [5.41, 5.74) is -1.88. The Labute approximate surface area is 112 Å². The van der Waals surface area contributed by atoms with E-state index in [0.717, 1.165) is 0 Å². The number of alkyl halides is 1. The van der Waals surface area contributed by atoms with E-state index in [1.165, 1.54) is 0 Å². The molecule has 0 radical (unpaired) electrons. The van der Waals surface area contributed by atoms with Crippen molar-refractivity contribution < 1.29 is 22.1 Å². The number of nitro benzene ring substituents is 1. The van der Waals surface area contributed by atoms with Gasteiger partial charge in [-0.1, -0.05) is 0 Å². The molecule has 0 heterocycles. The quantitative estimate of drug-likeness (QED) is 0.495. The molecular weight excluding hydrogens is 306 g/mol. The first-order chi connectivity index (χ1) is 8.78. The Kier molecular flexibility index (Phi) is 5.01. The van der Waals surface area contributed by atoms with Gasteiger partial charge in [0.25, 0.3) is 5.69 Å². The topological polar surface area (TPSA) is 89.3 Å². The second-order valence-electron chi connectivity index (χ2n) is 3.48. The summed E-state index contributed by atoms with van der Waals surface area (Å²) in [6.07, 6.45) is 0.0711. The van der Waals surface area contributed by atoms with E-state index in [1.54, 1.807) is 4.72 Å². The van der Waals surface area contributed by atoms with Crippen molar-refractivity contribution >= 4 is 33.0 Å². The van der Waals surface area contributed by atoms with Crippen molar-refractivity contribution in [3.8, 4) is 0 Å². The van der Waals surface area contributed by atoms with E-state index in [-0.39, 0.29) is 12.3 Å². The molecule has 10 heteroatoms. The van der Waals surface area contributed by atoms with Crippen molar-refractivity contribution in [2.45, 2.75) is 6.42 Å². The van der Waals surface area contributed by atoms with Gasteiger partial charge in [0, 0.05) is 11.9 Å². The Morgan fingerprint density at radius 3 is 2.53 bits per heavy atom. The van der Waals surface area contributed by atoms with Crippen LogP contribution in [0.25, 0.3) is 0 Å². The first kappa shape index (κ1) is 15.6. The van der Waals surface area contributed by atoms with Gasteiger partial charge >= 0.3 is 0 Å². The molecule has 0 saturated heterocycles. The summed E-state index contributed by atoms with van der Waals surface area (Å²) < 4.78 is 51.1. The molecule has 0 aliphatic carbocycles. The third-order valence-electron chi connectivity index (χ3n) is 2.07. The third kappa shape index (κ3) is 4.00. The molecule has 1 aromatic rings. The van der Waals surface area contributed by atoms with Gasteiger partial charge in [-0.15, -0.1) is 11.6 Å². The second-order valence-corrected chi connectivity index (χ2v) is 5.70. The first-order valence-electron chi connectivity index (χ1n) is 4.97. The largest absolute Gasteiger partial charge is 0.296 e. The average Bonchev–Trinajstić information content (AvgIpc) is 2.32. The Balaban J connectivity index is 3.19. The molecule has 0 aliphatic rings. The molecular formula is C9H9ClF2N2O4S. The zero-order chi connectivity index (χ0) is 14.6. The lowest BCUT2D eigenvalue weighted by atomic mass is 10.2. The fraction of sp³-hybridized carbons (Fsp3) is 0.333. The number of benzene rings is 1. The van der Waals surface area contributed by atoms with Gasteiger partial charge in [-0.2, -0.15) is 0 Å². The van der Waals surface area contributed by atoms with Crippen molar-refractivity contribution in [2.24, 2.45) is 0 Å². The molecule has 6 nitrogen and oxygen atoms in total. The van der Waals surface area contributed by atoms with Crippen molar-refractivity contribution in [3.63, 3.8) is 0 Å². The molecule has 0 saturated carbocycles. The smallest absolute Gasteiger partial charge is 0.274 e. The first-order valence-corrected chi connectivity index (χ1v) is 7.16. The molecule has 19 heavy (non-hydrogen) atoms. The predicted molar refractivity (Wildman–Crippen MR) is 65.8 cm³/mol. The summed E-state index contributed by atoms with van der Waals surface area (Å²) in [5.74, 6) is -3.41. The van der Waals surface area contributed by atoms with Gasteiger partial charge in [0.1, 0.15) is 0 Å². The lowest BCUT2D eigenvalue weighted by molar-refractivity contribution is -0.384. The minimum absolute atomic E-state index is 0.0502. The molecule has 0 aromatic heterocycles. The molecule has 0 spiro atoms. The molecule has 0 aliphatic heterocycles. The van der Waals surface area contributed by atoms with Crippen LogP contribution in [0.2, 0.25) is 0 Å². The maximum atomic E-state index is 13.4. The fourth-order valence-electron chi connectivity index (χ4n) is 1.24. The summed E-state index contributed by atoms with van der Waals surface area (Å²) in [6, 6.07) is 1.22. The number of nitro groups is 1. The van der Waals surface area contributed by atoms with Crippen molar-refractivity contribution in [1.29, 1.82) is 0 Å². The molecule has 0 bridgehead atoms. The van der Waals surface area contributed by atoms with Crippen LogP contribution in [0.3, 0.4) is 0 Å². The minimum atomic E-state index is -4.04. The highest BCUT2D eigenvalue weighted by molar-refractivity contribution is 7.92. The Hall–Kier alpha value is -1.48. The summed E-state index contributed by atoms with van der Waals surface area (Å²) in [4.78, 5) is 9.63. The van der Waals surface area contributed by atoms with Crippen molar-refractivity contribution in [3.05, 3.63) is 33.9 Å². The number of halogens is 3. The highest BCUT2D eigenvalue weighted by Crippen LogP contribution is 2.30. The number of rotatable bonds is 6. The number of nitrogens with one attached hydrogen (secondary N) is 1. The molecule has 106 valence electrons. The van der Waals surface area contributed by atoms with Gasteiger partial charge in [0.05, 0.1) is 10.7 Å². The SMILES string of the molecule is O=[N+]([O-])c1ccc(F)c(F)c1NS(=O)(=O)CCCCl. The van der Waals surface area contributed by atoms with Crippen LogP contribution in [0.1, 0.15) is 6.42 Å². The van der Waals surface area contributed by atoms with Gasteiger partial charge in [-0.3, -0.25) is 14.8 Å². The van der Waals surface area contributed by atoms with Gasteiger partial charge in [0.2, 0.25) is 10.0 Å². The maximum absolute atomic E-state index is 13.4. The molecule has 0 unspecified atom stereocenters. The number of sulfonamides is 1. The van der Waals surface area contributed by atoms with E-state index in [9.17, 15) is 27.3 Å². The standard InChI is InChI=1S/C9H9ClF2N2O4S/c10-4-1-5-19(17,18)13-9-7(14(15)16)3-2-6(11)8(9)12/h2-3,13H,1,4-5H2. The van der Waals surface area contributed by atoms with Crippen LogP contribution < -0.4 is 4.72 Å². The van der Waals surface area contributed by atoms with Gasteiger partial charge in [0.15, 0.2) is 17.3 Å². The number of hydrogen-bond donors (Lipinski definition) is 1. The minimum Gasteiger partial charge on any atom is -0.274 e. The average molecular weight is 315 g/mol. The molecule has 0 amide bonds. The molecule has 1 N–H and O–H groups in total. The van der Waals surface area contributed by atoms with Gasteiger partial charge < -0.3 is 0 Å². The fourth-order valence-corrected chi connectivity index (χ4v) is 2.66. The summed E-state index contributed by atoms with van der Waals surface area (Å²) in [6.45, 7) is 0. The molecule has 1 rings (SSSR count). The zero-order valence-electron chi connectivity index (χ0n) is 9.40. The number of anilines is 1. The second kappa shape index (κ2) is 6.11. The predicted octanol–water partition coefficient (Wildman–Crippen LogP) is 2.24. The molecule has 0 atom stereocenters. The lowest BCUT2D eigenvalue weighted by Crippen LogP contribution is -2.19. The third-order valence-corrected chi connectivity index (χ3v) is 3.68. The highest BCUT2D eigenvalue weighted by Gasteiger charge is 2.25. The van der Waals surface area contributed by atoms with E-state index in [4.69, 9.17) is 11.6 Å². The number of nitrogens with zero attached hydrogens (tertiary/aromatic N) is 1. The van der Waals surface area contributed by atoms with Gasteiger partial charge in [-0.25, -0.2) is 17.2 Å². The van der Waals surface area contributed by atoms with Crippen LogP contribution >= 0.6 is 11.6 Å². The molecule has 1 aromatic carbocycles. The molecule has 0 fully saturated rings. The Morgan fingerprint density at radius 2 is 2.00 bits per heavy atom. The summed E-state index contributed by atoms with van der Waals surface area (Å²) in [5, 5.41) is 10.6. The maximum Gasteiger partial charge on any atom is 0.296 e. The van der Waals surface area contributed by atoms with E-state index < -0.39 is 43.7 Å². The van der Waals surface area contributed by atoms with Crippen LogP contribution in [0, 0.1) is 21.7 Å². The van der Waals surface area contributed by atoms with E-state index >= 15 is 0 Å². The van der Waals surface area contributed by atoms with Crippen LogP contribution in [0.15, 0.2) is 12.1 Å². The summed E-state index contributed by atoms with van der Waals surface area (Å²) >= 11 is 5.31. The normalized spacial score (nSPS) is 11.3. The number of hydrogen-bond acceptors (Lipinski definition) is 4. The van der Waals surface area contributed by atoms with Crippen molar-refractivity contribution in [1.82, 2.24) is 0 Å². The monoisotopic (exact) mass is 314 g/mol. The zero-order valence-corrected chi connectivity index (χ0v) is 11.0. The summed E-state index contributed by atoms with van der Waals surface area (Å²) in [7, 11) is -4.04. The van der Waals surface area contributed by atoms with Crippen LogP contribution in [0.4, 0.5) is 20.2 Å².